The minimum Gasteiger partial charge on any atom is -0.494 e. The molecule has 1 aromatic rings. The van der Waals surface area contributed by atoms with Crippen molar-refractivity contribution < 1.29 is 4.74 Å². The van der Waals surface area contributed by atoms with Gasteiger partial charge in [-0.1, -0.05) is 83.3 Å². The van der Waals surface area contributed by atoms with E-state index in [2.05, 4.69) is 31.2 Å². The van der Waals surface area contributed by atoms with Crippen molar-refractivity contribution in [2.24, 2.45) is 11.8 Å². The fourth-order valence-corrected chi connectivity index (χ4v) is 4.14. The average molecular weight is 331 g/mol. The van der Waals surface area contributed by atoms with Crippen LogP contribution >= 0.6 is 0 Å². The van der Waals surface area contributed by atoms with Crippen molar-refractivity contribution in [3.8, 4) is 5.75 Å². The molecule has 0 bridgehead atoms. The van der Waals surface area contributed by atoms with Crippen LogP contribution < -0.4 is 4.74 Å². The lowest BCUT2D eigenvalue weighted by Gasteiger charge is -2.28. The van der Waals surface area contributed by atoms with E-state index in [1.54, 1.807) is 0 Å². The topological polar surface area (TPSA) is 9.23 Å². The summed E-state index contributed by atoms with van der Waals surface area (Å²) in [5.74, 6) is 3.00. The standard InChI is InChI=1S/C23H38O/c1-3-5-6-7-8-9-20-10-12-21(13-11-20)14-15-22-16-18-23(19-17-22)24-4-2/h16-21H,3-15H2,1-2H3. The van der Waals surface area contributed by atoms with E-state index in [9.17, 15) is 0 Å². The third kappa shape index (κ3) is 7.28. The van der Waals surface area contributed by atoms with Crippen LogP contribution in [0.3, 0.4) is 0 Å². The quantitative estimate of drug-likeness (QED) is 0.390. The summed E-state index contributed by atoms with van der Waals surface area (Å²) in [5, 5.41) is 0. The first kappa shape index (κ1) is 19.3. The Labute approximate surface area is 150 Å². The van der Waals surface area contributed by atoms with Crippen molar-refractivity contribution in [2.75, 3.05) is 6.61 Å². The van der Waals surface area contributed by atoms with Crippen molar-refractivity contribution in [3.63, 3.8) is 0 Å². The van der Waals surface area contributed by atoms with Crippen molar-refractivity contribution in [3.05, 3.63) is 29.8 Å². The molecule has 1 saturated carbocycles. The number of rotatable bonds is 11. The van der Waals surface area contributed by atoms with Crippen LogP contribution in [0.25, 0.3) is 0 Å². The average Bonchev–Trinajstić information content (AvgIpc) is 2.62. The van der Waals surface area contributed by atoms with Gasteiger partial charge in [-0.25, -0.2) is 0 Å². The van der Waals surface area contributed by atoms with Gasteiger partial charge in [0.2, 0.25) is 0 Å². The zero-order chi connectivity index (χ0) is 17.0. The van der Waals surface area contributed by atoms with Gasteiger partial charge < -0.3 is 4.74 Å². The third-order valence-corrected chi connectivity index (χ3v) is 5.76. The summed E-state index contributed by atoms with van der Waals surface area (Å²) < 4.78 is 5.52. The highest BCUT2D eigenvalue weighted by Gasteiger charge is 2.20. The molecule has 0 N–H and O–H groups in total. The molecule has 1 aliphatic carbocycles. The van der Waals surface area contributed by atoms with E-state index in [0.29, 0.717) is 0 Å². The highest BCUT2D eigenvalue weighted by atomic mass is 16.5. The lowest BCUT2D eigenvalue weighted by atomic mass is 9.78. The van der Waals surface area contributed by atoms with Gasteiger partial charge in [-0.3, -0.25) is 0 Å². The SMILES string of the molecule is CCCCCCCC1CCC(CCc2ccc(OCC)cc2)CC1. The molecule has 1 nitrogen and oxygen atoms in total. The van der Waals surface area contributed by atoms with Crippen LogP contribution in [0.4, 0.5) is 0 Å². The van der Waals surface area contributed by atoms with Gasteiger partial charge in [-0.05, 0) is 49.3 Å². The highest BCUT2D eigenvalue weighted by molar-refractivity contribution is 5.27. The summed E-state index contributed by atoms with van der Waals surface area (Å²) in [5.41, 5.74) is 1.47. The van der Waals surface area contributed by atoms with Gasteiger partial charge in [0.1, 0.15) is 5.75 Å². The maximum atomic E-state index is 5.52. The Kier molecular flexibility index (Phi) is 9.31. The summed E-state index contributed by atoms with van der Waals surface area (Å²) in [6.45, 7) is 5.09. The molecule has 0 radical (unpaired) electrons. The Morgan fingerprint density at radius 3 is 2.04 bits per heavy atom. The Morgan fingerprint density at radius 1 is 0.792 bits per heavy atom. The Bertz CT molecular complexity index is 414. The number of benzene rings is 1. The molecule has 1 heteroatoms. The van der Waals surface area contributed by atoms with E-state index in [0.717, 1.165) is 24.2 Å². The number of aryl methyl sites for hydroxylation is 1. The van der Waals surface area contributed by atoms with Gasteiger partial charge in [0.25, 0.3) is 0 Å². The first-order valence-electron chi connectivity index (χ1n) is 10.5. The highest BCUT2D eigenvalue weighted by Crippen LogP contribution is 2.34. The Balaban J connectivity index is 1.57. The number of hydrogen-bond donors (Lipinski definition) is 0. The number of ether oxygens (including phenoxy) is 1. The molecule has 24 heavy (non-hydrogen) atoms. The van der Waals surface area contributed by atoms with Crippen LogP contribution in [0.1, 0.15) is 90.0 Å². The normalized spacial score (nSPS) is 20.9. The molecule has 1 aromatic carbocycles. The van der Waals surface area contributed by atoms with E-state index in [-0.39, 0.29) is 0 Å². The van der Waals surface area contributed by atoms with Crippen LogP contribution in [-0.2, 0) is 6.42 Å². The van der Waals surface area contributed by atoms with Gasteiger partial charge >= 0.3 is 0 Å². The molecule has 0 amide bonds. The van der Waals surface area contributed by atoms with Crippen LogP contribution in [0.2, 0.25) is 0 Å². The van der Waals surface area contributed by atoms with E-state index < -0.39 is 0 Å². The molecular weight excluding hydrogens is 292 g/mol. The van der Waals surface area contributed by atoms with E-state index in [1.807, 2.05) is 6.92 Å². The predicted octanol–water partition coefficient (Wildman–Crippen LogP) is 7.18. The minimum absolute atomic E-state index is 0.751. The van der Waals surface area contributed by atoms with Crippen molar-refractivity contribution in [1.29, 1.82) is 0 Å². The largest absolute Gasteiger partial charge is 0.494 e. The third-order valence-electron chi connectivity index (χ3n) is 5.76. The second-order valence-corrected chi connectivity index (χ2v) is 7.71. The molecule has 2 rings (SSSR count). The summed E-state index contributed by atoms with van der Waals surface area (Å²) in [7, 11) is 0. The van der Waals surface area contributed by atoms with Crippen LogP contribution in [-0.4, -0.2) is 6.61 Å². The van der Waals surface area contributed by atoms with Crippen LogP contribution in [0.15, 0.2) is 24.3 Å². The maximum absolute atomic E-state index is 5.52. The van der Waals surface area contributed by atoms with Gasteiger partial charge in [-0.15, -0.1) is 0 Å². The van der Waals surface area contributed by atoms with Gasteiger partial charge in [0.05, 0.1) is 6.61 Å². The van der Waals surface area contributed by atoms with E-state index >= 15 is 0 Å². The summed E-state index contributed by atoms with van der Waals surface area (Å²) in [6.07, 6.45) is 17.2. The van der Waals surface area contributed by atoms with E-state index in [4.69, 9.17) is 4.74 Å². The summed E-state index contributed by atoms with van der Waals surface area (Å²) in [6, 6.07) is 8.72. The molecular formula is C23H38O. The predicted molar refractivity (Wildman–Crippen MR) is 105 cm³/mol. The molecule has 0 atom stereocenters. The molecule has 136 valence electrons. The molecule has 0 unspecified atom stereocenters. The monoisotopic (exact) mass is 330 g/mol. The molecule has 0 spiro atoms. The smallest absolute Gasteiger partial charge is 0.119 e. The number of hydrogen-bond acceptors (Lipinski definition) is 1. The Hall–Kier alpha value is -0.980. The fraction of sp³-hybridized carbons (Fsp3) is 0.739. The lowest BCUT2D eigenvalue weighted by molar-refractivity contribution is 0.248. The van der Waals surface area contributed by atoms with E-state index in [1.165, 1.54) is 82.6 Å². The fourth-order valence-electron chi connectivity index (χ4n) is 4.14. The second-order valence-electron chi connectivity index (χ2n) is 7.71. The molecule has 0 heterocycles. The second kappa shape index (κ2) is 11.6. The first-order chi connectivity index (χ1) is 11.8. The van der Waals surface area contributed by atoms with Gasteiger partial charge in [-0.2, -0.15) is 0 Å². The maximum Gasteiger partial charge on any atom is 0.119 e. The Morgan fingerprint density at radius 2 is 1.42 bits per heavy atom. The molecule has 0 aliphatic heterocycles. The summed E-state index contributed by atoms with van der Waals surface area (Å²) in [4.78, 5) is 0. The van der Waals surface area contributed by atoms with Crippen molar-refractivity contribution in [2.45, 2.75) is 90.9 Å². The zero-order valence-electron chi connectivity index (χ0n) is 16.1. The molecule has 1 fully saturated rings. The van der Waals surface area contributed by atoms with Crippen LogP contribution in [0.5, 0.6) is 5.75 Å². The summed E-state index contributed by atoms with van der Waals surface area (Å²) >= 11 is 0. The number of unbranched alkanes of at least 4 members (excludes halogenated alkanes) is 4. The zero-order valence-corrected chi connectivity index (χ0v) is 16.1. The first-order valence-corrected chi connectivity index (χ1v) is 10.5. The van der Waals surface area contributed by atoms with Gasteiger partial charge in [0, 0.05) is 0 Å². The molecule has 1 aliphatic rings. The molecule has 0 aromatic heterocycles. The van der Waals surface area contributed by atoms with Crippen molar-refractivity contribution >= 4 is 0 Å². The lowest BCUT2D eigenvalue weighted by Crippen LogP contribution is -2.15. The van der Waals surface area contributed by atoms with Crippen LogP contribution in [0, 0.1) is 11.8 Å². The minimum atomic E-state index is 0.751. The molecule has 0 saturated heterocycles. The van der Waals surface area contributed by atoms with Gasteiger partial charge in [0.15, 0.2) is 0 Å². The van der Waals surface area contributed by atoms with Crippen molar-refractivity contribution in [1.82, 2.24) is 0 Å².